The molecule has 34 heavy (non-hydrogen) atoms. The number of nitrogens with zero attached hydrogens (tertiary/aromatic N) is 7. The van der Waals surface area contributed by atoms with Crippen molar-refractivity contribution in [1.29, 1.82) is 0 Å². The number of nitrogens with two attached hydrogens (primary N) is 1. The summed E-state index contributed by atoms with van der Waals surface area (Å²) < 4.78 is 5.78. The Morgan fingerprint density at radius 2 is 1.88 bits per heavy atom. The van der Waals surface area contributed by atoms with Crippen LogP contribution in [0.2, 0.25) is 0 Å². The lowest BCUT2D eigenvalue weighted by Crippen LogP contribution is -2.19. The average Bonchev–Trinajstić information content (AvgIpc) is 3.45. The lowest BCUT2D eigenvalue weighted by Gasteiger charge is -2.06. The second-order valence-electron chi connectivity index (χ2n) is 7.50. The maximum Gasteiger partial charge on any atom is 0.294 e. The van der Waals surface area contributed by atoms with E-state index in [2.05, 4.69) is 49.6 Å². The Labute approximate surface area is 192 Å². The number of rotatable bonds is 7. The summed E-state index contributed by atoms with van der Waals surface area (Å²) in [7, 11) is 0. The zero-order valence-corrected chi connectivity index (χ0v) is 18.1. The van der Waals surface area contributed by atoms with Gasteiger partial charge in [-0.15, -0.1) is 5.10 Å². The molecule has 13 nitrogen and oxygen atoms in total. The summed E-state index contributed by atoms with van der Waals surface area (Å²) >= 11 is 0. The Morgan fingerprint density at radius 1 is 1.18 bits per heavy atom. The SMILES string of the molecule is CC(C)c1ccc(/C=N/NC(=O)c2nnn(-c3nonc3N)c2-c2ccc([N+](=O)[O-])cc2)cc1. The van der Waals surface area contributed by atoms with E-state index in [1.807, 2.05) is 24.3 Å². The first-order chi connectivity index (χ1) is 16.3. The highest BCUT2D eigenvalue weighted by atomic mass is 16.6. The van der Waals surface area contributed by atoms with Gasteiger partial charge in [-0.1, -0.05) is 43.3 Å². The van der Waals surface area contributed by atoms with Crippen molar-refractivity contribution in [2.45, 2.75) is 19.8 Å². The van der Waals surface area contributed by atoms with Gasteiger partial charge in [-0.05, 0) is 39.5 Å². The van der Waals surface area contributed by atoms with Crippen LogP contribution in [0, 0.1) is 10.1 Å². The third-order valence-corrected chi connectivity index (χ3v) is 4.92. The quantitative estimate of drug-likeness (QED) is 0.237. The predicted octanol–water partition coefficient (Wildman–Crippen LogP) is 2.70. The van der Waals surface area contributed by atoms with Crippen LogP contribution >= 0.6 is 0 Å². The molecular weight excluding hydrogens is 442 g/mol. The fourth-order valence-electron chi connectivity index (χ4n) is 3.11. The summed E-state index contributed by atoms with van der Waals surface area (Å²) in [4.78, 5) is 23.4. The molecule has 0 unspecified atom stereocenters. The number of anilines is 1. The number of nitro benzene ring substituents is 1. The van der Waals surface area contributed by atoms with Crippen LogP contribution in [-0.4, -0.2) is 42.4 Å². The normalized spacial score (nSPS) is 11.3. The van der Waals surface area contributed by atoms with Crippen LogP contribution < -0.4 is 11.2 Å². The van der Waals surface area contributed by atoms with Crippen molar-refractivity contribution in [2.24, 2.45) is 5.10 Å². The zero-order valence-electron chi connectivity index (χ0n) is 18.1. The molecule has 0 aliphatic heterocycles. The maximum absolute atomic E-state index is 12.9. The van der Waals surface area contributed by atoms with E-state index in [4.69, 9.17) is 5.73 Å². The fourth-order valence-corrected chi connectivity index (χ4v) is 3.11. The van der Waals surface area contributed by atoms with E-state index < -0.39 is 10.8 Å². The number of carbonyl (C=O) groups is 1. The van der Waals surface area contributed by atoms with Gasteiger partial charge in [0.15, 0.2) is 5.69 Å². The second-order valence-corrected chi connectivity index (χ2v) is 7.50. The van der Waals surface area contributed by atoms with Gasteiger partial charge >= 0.3 is 0 Å². The highest BCUT2D eigenvalue weighted by Crippen LogP contribution is 2.28. The van der Waals surface area contributed by atoms with Gasteiger partial charge < -0.3 is 5.73 Å². The number of non-ortho nitro benzene ring substituents is 1. The van der Waals surface area contributed by atoms with Crippen LogP contribution in [0.1, 0.15) is 41.4 Å². The molecule has 3 N–H and O–H groups in total. The lowest BCUT2D eigenvalue weighted by molar-refractivity contribution is -0.384. The topological polar surface area (TPSA) is 180 Å². The summed E-state index contributed by atoms with van der Waals surface area (Å²) in [6.07, 6.45) is 1.50. The first-order valence-electron chi connectivity index (χ1n) is 10.1. The number of amides is 1. The number of hydrogen-bond donors (Lipinski definition) is 2. The lowest BCUT2D eigenvalue weighted by atomic mass is 10.0. The molecule has 1 amide bonds. The van der Waals surface area contributed by atoms with E-state index in [0.29, 0.717) is 11.5 Å². The van der Waals surface area contributed by atoms with E-state index in [-0.39, 0.29) is 28.7 Å². The molecule has 4 aromatic rings. The number of nitrogens with one attached hydrogen (secondary N) is 1. The van der Waals surface area contributed by atoms with E-state index in [0.717, 1.165) is 10.2 Å². The van der Waals surface area contributed by atoms with Crippen molar-refractivity contribution in [3.63, 3.8) is 0 Å². The Balaban J connectivity index is 1.64. The van der Waals surface area contributed by atoms with Crippen molar-refractivity contribution >= 4 is 23.6 Å². The van der Waals surface area contributed by atoms with Crippen LogP contribution in [0.3, 0.4) is 0 Å². The predicted molar refractivity (Wildman–Crippen MR) is 121 cm³/mol. The smallest absolute Gasteiger partial charge is 0.294 e. The molecule has 0 saturated heterocycles. The Kier molecular flexibility index (Phi) is 6.07. The third kappa shape index (κ3) is 4.48. The molecule has 0 radical (unpaired) electrons. The number of hydrogen-bond acceptors (Lipinski definition) is 10. The Hall–Kier alpha value is -4.94. The fraction of sp³-hybridized carbons (Fsp3) is 0.143. The van der Waals surface area contributed by atoms with Gasteiger partial charge in [0, 0.05) is 17.7 Å². The highest BCUT2D eigenvalue weighted by molar-refractivity contribution is 5.98. The van der Waals surface area contributed by atoms with Crippen molar-refractivity contribution in [2.75, 3.05) is 5.73 Å². The van der Waals surface area contributed by atoms with E-state index >= 15 is 0 Å². The van der Waals surface area contributed by atoms with Gasteiger partial charge in [0.05, 0.1) is 11.1 Å². The molecule has 13 heteroatoms. The van der Waals surface area contributed by atoms with Crippen LogP contribution in [0.5, 0.6) is 0 Å². The molecule has 0 fully saturated rings. The van der Waals surface area contributed by atoms with Gasteiger partial charge in [0.2, 0.25) is 11.6 Å². The molecule has 0 spiro atoms. The molecule has 2 aromatic carbocycles. The molecular formula is C21H19N9O4. The highest BCUT2D eigenvalue weighted by Gasteiger charge is 2.25. The Morgan fingerprint density at radius 3 is 2.47 bits per heavy atom. The number of nitro groups is 1. The standard InChI is InChI=1S/C21H19N9O4/c1-12(2)14-5-3-13(4-6-14)11-23-25-21(31)17-18(15-7-9-16(10-8-15)30(32)33)29(28-24-17)20-19(22)26-34-27-20/h3-12H,1-2H3,(H2,22,26)(H,25,31)/b23-11+. The number of aromatic nitrogens is 5. The van der Waals surface area contributed by atoms with Gasteiger partial charge in [0.25, 0.3) is 11.6 Å². The summed E-state index contributed by atoms with van der Waals surface area (Å²) in [6.45, 7) is 4.20. The van der Waals surface area contributed by atoms with Gasteiger partial charge in [-0.2, -0.15) is 9.78 Å². The van der Waals surface area contributed by atoms with Gasteiger partial charge in [-0.3, -0.25) is 14.9 Å². The minimum atomic E-state index is -0.662. The number of benzene rings is 2. The van der Waals surface area contributed by atoms with E-state index in [1.54, 1.807) is 0 Å². The van der Waals surface area contributed by atoms with Gasteiger partial charge in [-0.25, -0.2) is 10.1 Å². The molecule has 0 aliphatic rings. The second kappa shape index (κ2) is 9.28. The maximum atomic E-state index is 12.9. The molecule has 4 rings (SSSR count). The van der Waals surface area contributed by atoms with E-state index in [9.17, 15) is 14.9 Å². The van der Waals surface area contributed by atoms with Crippen molar-refractivity contribution in [3.8, 4) is 17.1 Å². The molecule has 0 atom stereocenters. The van der Waals surface area contributed by atoms with Crippen LogP contribution in [0.4, 0.5) is 11.5 Å². The largest absolute Gasteiger partial charge is 0.378 e. The average molecular weight is 461 g/mol. The molecule has 2 aromatic heterocycles. The molecule has 0 aliphatic carbocycles. The van der Waals surface area contributed by atoms with Crippen molar-refractivity contribution in [1.82, 2.24) is 30.7 Å². The summed E-state index contributed by atoms with van der Waals surface area (Å²) in [5, 5.41) is 30.1. The minimum absolute atomic E-state index is 0.00801. The minimum Gasteiger partial charge on any atom is -0.378 e. The first kappa shape index (κ1) is 22.3. The van der Waals surface area contributed by atoms with Crippen molar-refractivity contribution < 1.29 is 14.3 Å². The Bertz CT molecular complexity index is 1360. The molecule has 0 bridgehead atoms. The van der Waals surface area contributed by atoms with Crippen molar-refractivity contribution in [3.05, 3.63) is 75.5 Å². The number of carbonyl (C=O) groups excluding carboxylic acids is 1. The number of nitrogen functional groups attached to an aromatic ring is 1. The van der Waals surface area contributed by atoms with E-state index in [1.165, 1.54) is 36.0 Å². The molecule has 0 saturated carbocycles. The third-order valence-electron chi connectivity index (χ3n) is 4.92. The van der Waals surface area contributed by atoms with Gasteiger partial charge in [0.1, 0.15) is 5.69 Å². The zero-order chi connectivity index (χ0) is 24.2. The monoisotopic (exact) mass is 461 g/mol. The number of hydrazone groups is 1. The molecule has 2 heterocycles. The summed E-state index contributed by atoms with van der Waals surface area (Å²) in [5.41, 5.74) is 10.5. The van der Waals surface area contributed by atoms with Crippen LogP contribution in [-0.2, 0) is 0 Å². The summed E-state index contributed by atoms with van der Waals surface area (Å²) in [5.74, 6) is -0.332. The summed E-state index contributed by atoms with van der Waals surface area (Å²) in [6, 6.07) is 13.2. The first-order valence-corrected chi connectivity index (χ1v) is 10.1. The molecule has 172 valence electrons. The van der Waals surface area contributed by atoms with Crippen LogP contribution in [0.15, 0.2) is 58.3 Å². The van der Waals surface area contributed by atoms with Crippen LogP contribution in [0.25, 0.3) is 17.1 Å².